The molecule has 0 saturated carbocycles. The number of hydrogen-bond donors (Lipinski definition) is 2. The number of aryl methyl sites for hydroxylation is 1. The summed E-state index contributed by atoms with van der Waals surface area (Å²) in [7, 11) is -2.24. The van der Waals surface area contributed by atoms with E-state index in [-0.39, 0.29) is 17.3 Å². The summed E-state index contributed by atoms with van der Waals surface area (Å²) in [4.78, 5) is 14.9. The molecule has 0 radical (unpaired) electrons. The first kappa shape index (κ1) is 21.5. The van der Waals surface area contributed by atoms with Gasteiger partial charge < -0.3 is 10.2 Å². The predicted molar refractivity (Wildman–Crippen MR) is 120 cm³/mol. The second-order valence-corrected chi connectivity index (χ2v) is 8.77. The van der Waals surface area contributed by atoms with Crippen LogP contribution in [0, 0.1) is 6.92 Å². The molecule has 0 aliphatic heterocycles. The fourth-order valence-electron chi connectivity index (χ4n) is 3.13. The molecule has 3 aromatic rings. The highest BCUT2D eigenvalue weighted by molar-refractivity contribution is 7.89. The highest BCUT2D eigenvalue weighted by Crippen LogP contribution is 2.21. The molecule has 1 amide bonds. The number of amides is 1. The Morgan fingerprint density at radius 1 is 0.933 bits per heavy atom. The fraction of sp³-hybridized carbons (Fsp3) is 0.174. The van der Waals surface area contributed by atoms with Crippen molar-refractivity contribution in [2.75, 3.05) is 23.8 Å². The lowest BCUT2D eigenvalue weighted by Crippen LogP contribution is -2.33. The minimum absolute atomic E-state index is 0.126. The quantitative estimate of drug-likeness (QED) is 0.581. The van der Waals surface area contributed by atoms with Gasteiger partial charge >= 0.3 is 0 Å². The van der Waals surface area contributed by atoms with Crippen molar-refractivity contribution in [1.82, 2.24) is 4.72 Å². The molecule has 6 nitrogen and oxygen atoms in total. The zero-order chi connectivity index (χ0) is 21.6. The first-order chi connectivity index (χ1) is 14.4. The summed E-state index contributed by atoms with van der Waals surface area (Å²) >= 11 is 0. The van der Waals surface area contributed by atoms with Crippen LogP contribution in [-0.4, -0.2) is 27.9 Å². The van der Waals surface area contributed by atoms with Gasteiger partial charge in [-0.1, -0.05) is 54.6 Å². The van der Waals surface area contributed by atoms with Crippen molar-refractivity contribution >= 4 is 27.3 Å². The van der Waals surface area contributed by atoms with E-state index in [2.05, 4.69) is 10.0 Å². The molecule has 30 heavy (non-hydrogen) atoms. The molecule has 0 aliphatic rings. The van der Waals surface area contributed by atoms with E-state index in [1.165, 1.54) is 13.1 Å². The maximum Gasteiger partial charge on any atom is 0.243 e. The van der Waals surface area contributed by atoms with Crippen LogP contribution in [0.1, 0.15) is 11.1 Å². The van der Waals surface area contributed by atoms with Crippen molar-refractivity contribution in [3.05, 3.63) is 90.0 Å². The number of anilines is 2. The average molecular weight is 424 g/mol. The monoisotopic (exact) mass is 423 g/mol. The Labute approximate surface area is 177 Å². The van der Waals surface area contributed by atoms with Gasteiger partial charge in [0, 0.05) is 17.9 Å². The highest BCUT2D eigenvalue weighted by Gasteiger charge is 2.17. The minimum Gasteiger partial charge on any atom is -0.358 e. The summed E-state index contributed by atoms with van der Waals surface area (Å²) in [6.07, 6.45) is 0. The standard InChI is InChI=1S/C23H25N3O3S/c1-18-13-14-20(15-22(18)30(28,29)24-2)25-23(27)17-26(21-11-7-4-8-12-21)16-19-9-5-3-6-10-19/h3-15,24H,16-17H2,1-2H3,(H,25,27). The second kappa shape index (κ2) is 9.56. The van der Waals surface area contributed by atoms with Crippen LogP contribution in [0.2, 0.25) is 0 Å². The first-order valence-electron chi connectivity index (χ1n) is 9.57. The number of carbonyl (C=O) groups excluding carboxylic acids is 1. The molecule has 0 unspecified atom stereocenters. The van der Waals surface area contributed by atoms with E-state index in [0.29, 0.717) is 17.8 Å². The smallest absolute Gasteiger partial charge is 0.243 e. The summed E-state index contributed by atoms with van der Waals surface area (Å²) < 4.78 is 26.7. The van der Waals surface area contributed by atoms with Crippen LogP contribution < -0.4 is 14.9 Å². The zero-order valence-corrected chi connectivity index (χ0v) is 17.8. The number of para-hydroxylation sites is 1. The number of carbonyl (C=O) groups is 1. The first-order valence-corrected chi connectivity index (χ1v) is 11.1. The molecule has 2 N–H and O–H groups in total. The van der Waals surface area contributed by atoms with Crippen molar-refractivity contribution in [1.29, 1.82) is 0 Å². The normalized spacial score (nSPS) is 11.1. The second-order valence-electron chi connectivity index (χ2n) is 6.91. The van der Waals surface area contributed by atoms with Gasteiger partial charge in [-0.05, 0) is 49.4 Å². The Balaban J connectivity index is 1.79. The van der Waals surface area contributed by atoms with E-state index in [4.69, 9.17) is 0 Å². The number of hydrogen-bond acceptors (Lipinski definition) is 4. The van der Waals surface area contributed by atoms with E-state index in [9.17, 15) is 13.2 Å². The molecule has 0 atom stereocenters. The Kier molecular flexibility index (Phi) is 6.87. The maximum absolute atomic E-state index is 12.8. The van der Waals surface area contributed by atoms with Crippen molar-refractivity contribution in [2.24, 2.45) is 0 Å². The third-order valence-corrected chi connectivity index (χ3v) is 6.26. The Hall–Kier alpha value is -3.16. The fourth-order valence-corrected chi connectivity index (χ4v) is 4.13. The highest BCUT2D eigenvalue weighted by atomic mass is 32.2. The molecule has 0 aliphatic carbocycles. The summed E-state index contributed by atoms with van der Waals surface area (Å²) in [6, 6.07) is 24.5. The molecule has 0 heterocycles. The number of benzene rings is 3. The van der Waals surface area contributed by atoms with E-state index in [0.717, 1.165) is 11.3 Å². The number of nitrogens with zero attached hydrogens (tertiary/aromatic N) is 1. The van der Waals surface area contributed by atoms with Gasteiger partial charge in [0.1, 0.15) is 0 Å². The zero-order valence-electron chi connectivity index (χ0n) is 17.0. The molecule has 0 aromatic heterocycles. The van der Waals surface area contributed by atoms with Crippen molar-refractivity contribution in [2.45, 2.75) is 18.4 Å². The number of nitrogens with one attached hydrogen (secondary N) is 2. The van der Waals surface area contributed by atoms with Gasteiger partial charge in [0.05, 0.1) is 11.4 Å². The van der Waals surface area contributed by atoms with Crippen molar-refractivity contribution in [3.8, 4) is 0 Å². The maximum atomic E-state index is 12.8. The average Bonchev–Trinajstić information content (AvgIpc) is 2.76. The van der Waals surface area contributed by atoms with Crippen LogP contribution in [0.4, 0.5) is 11.4 Å². The van der Waals surface area contributed by atoms with Crippen molar-refractivity contribution in [3.63, 3.8) is 0 Å². The summed E-state index contributed by atoms with van der Waals surface area (Å²) in [5.74, 6) is -0.230. The van der Waals surface area contributed by atoms with Crippen molar-refractivity contribution < 1.29 is 13.2 Å². The topological polar surface area (TPSA) is 78.5 Å². The molecular weight excluding hydrogens is 398 g/mol. The number of rotatable bonds is 8. The SMILES string of the molecule is CNS(=O)(=O)c1cc(NC(=O)CN(Cc2ccccc2)c2ccccc2)ccc1C. The van der Waals surface area contributed by atoms with Gasteiger partial charge in [-0.3, -0.25) is 4.79 Å². The Morgan fingerprint density at radius 2 is 1.57 bits per heavy atom. The number of sulfonamides is 1. The molecule has 0 bridgehead atoms. The minimum atomic E-state index is -3.61. The van der Waals surface area contributed by atoms with Crippen LogP contribution >= 0.6 is 0 Å². The lowest BCUT2D eigenvalue weighted by atomic mass is 10.2. The molecule has 0 saturated heterocycles. The third-order valence-electron chi connectivity index (χ3n) is 4.70. The van der Waals surface area contributed by atoms with Crippen LogP contribution in [0.5, 0.6) is 0 Å². The summed E-state index contributed by atoms with van der Waals surface area (Å²) in [5, 5.41) is 2.82. The van der Waals surface area contributed by atoms with Crippen LogP contribution in [0.15, 0.2) is 83.8 Å². The lowest BCUT2D eigenvalue weighted by molar-refractivity contribution is -0.115. The molecule has 3 rings (SSSR count). The van der Waals surface area contributed by atoms with Gasteiger partial charge in [-0.15, -0.1) is 0 Å². The summed E-state index contributed by atoms with van der Waals surface area (Å²) in [6.45, 7) is 2.42. The summed E-state index contributed by atoms with van der Waals surface area (Å²) in [5.41, 5.74) is 3.07. The molecule has 7 heteroatoms. The van der Waals surface area contributed by atoms with Gasteiger partial charge in [-0.25, -0.2) is 13.1 Å². The molecule has 3 aromatic carbocycles. The Bertz CT molecular complexity index is 1100. The third kappa shape index (κ3) is 5.46. The van der Waals surface area contributed by atoms with E-state index in [1.54, 1.807) is 19.1 Å². The molecular formula is C23H25N3O3S. The van der Waals surface area contributed by atoms with Crippen LogP contribution in [0.25, 0.3) is 0 Å². The van der Waals surface area contributed by atoms with Crippen LogP contribution in [0.3, 0.4) is 0 Å². The van der Waals surface area contributed by atoms with E-state index in [1.807, 2.05) is 65.6 Å². The Morgan fingerprint density at radius 3 is 2.20 bits per heavy atom. The lowest BCUT2D eigenvalue weighted by Gasteiger charge is -2.24. The molecule has 0 spiro atoms. The van der Waals surface area contributed by atoms with Gasteiger partial charge in [0.15, 0.2) is 0 Å². The van der Waals surface area contributed by atoms with Gasteiger partial charge in [0.2, 0.25) is 15.9 Å². The molecule has 156 valence electrons. The van der Waals surface area contributed by atoms with E-state index < -0.39 is 10.0 Å². The molecule has 0 fully saturated rings. The van der Waals surface area contributed by atoms with Gasteiger partial charge in [-0.2, -0.15) is 0 Å². The van der Waals surface area contributed by atoms with E-state index >= 15 is 0 Å². The predicted octanol–water partition coefficient (Wildman–Crippen LogP) is 3.55. The van der Waals surface area contributed by atoms with Gasteiger partial charge in [0.25, 0.3) is 0 Å². The largest absolute Gasteiger partial charge is 0.358 e. The van der Waals surface area contributed by atoms with Crippen LogP contribution in [-0.2, 0) is 21.4 Å².